The van der Waals surface area contributed by atoms with E-state index in [1.807, 2.05) is 18.2 Å². The van der Waals surface area contributed by atoms with Crippen LogP contribution >= 0.6 is 0 Å². The van der Waals surface area contributed by atoms with Crippen LogP contribution in [-0.2, 0) is 9.59 Å². The minimum absolute atomic E-state index is 0.000252. The van der Waals surface area contributed by atoms with Crippen molar-refractivity contribution >= 4 is 17.8 Å². The molecule has 0 bridgehead atoms. The van der Waals surface area contributed by atoms with Crippen LogP contribution in [-0.4, -0.2) is 48.0 Å². The van der Waals surface area contributed by atoms with Crippen LogP contribution in [0.15, 0.2) is 18.2 Å². The molecule has 4 amide bonds. The molecule has 0 radical (unpaired) electrons. The average Bonchev–Trinajstić information content (AvgIpc) is 2.89. The molecule has 2 saturated heterocycles. The maximum Gasteiger partial charge on any atom is 0.322 e. The largest absolute Gasteiger partial charge is 0.490 e. The van der Waals surface area contributed by atoms with Gasteiger partial charge in [0.1, 0.15) is 17.9 Å². The molecule has 1 aromatic rings. The van der Waals surface area contributed by atoms with Gasteiger partial charge in [-0.3, -0.25) is 14.9 Å². The average molecular weight is 345 g/mol. The van der Waals surface area contributed by atoms with Crippen LogP contribution in [0.1, 0.15) is 30.4 Å². The quantitative estimate of drug-likeness (QED) is 0.805. The zero-order valence-electron chi connectivity index (χ0n) is 14.5. The number of aryl methyl sites for hydroxylation is 2. The van der Waals surface area contributed by atoms with E-state index in [9.17, 15) is 14.4 Å². The van der Waals surface area contributed by atoms with Crippen LogP contribution in [0.3, 0.4) is 0 Å². The first kappa shape index (κ1) is 17.3. The fourth-order valence-corrected chi connectivity index (χ4v) is 3.11. The highest BCUT2D eigenvalue weighted by molar-refractivity contribution is 6.05. The SMILES string of the molecule is Cc1ccc(OC2CCN(C(=O)C[C@H]3NC(=O)NC3=O)CC2)cc1C. The molecule has 0 spiro atoms. The highest BCUT2D eigenvalue weighted by Gasteiger charge is 2.33. The van der Waals surface area contributed by atoms with Gasteiger partial charge in [0.25, 0.3) is 5.91 Å². The topological polar surface area (TPSA) is 87.7 Å². The van der Waals surface area contributed by atoms with E-state index >= 15 is 0 Å². The lowest BCUT2D eigenvalue weighted by atomic mass is 10.1. The fourth-order valence-electron chi connectivity index (χ4n) is 3.11. The number of ether oxygens (including phenoxy) is 1. The summed E-state index contributed by atoms with van der Waals surface area (Å²) in [5, 5.41) is 4.59. The van der Waals surface area contributed by atoms with Gasteiger partial charge in [0, 0.05) is 25.9 Å². The molecule has 2 aliphatic rings. The van der Waals surface area contributed by atoms with Crippen molar-refractivity contribution < 1.29 is 19.1 Å². The van der Waals surface area contributed by atoms with Crippen LogP contribution < -0.4 is 15.4 Å². The number of carbonyl (C=O) groups excluding carboxylic acids is 3. The molecule has 2 heterocycles. The molecule has 7 heteroatoms. The van der Waals surface area contributed by atoms with Gasteiger partial charge in [-0.05, 0) is 37.1 Å². The number of hydrogen-bond donors (Lipinski definition) is 2. The van der Waals surface area contributed by atoms with Gasteiger partial charge in [0.05, 0.1) is 6.42 Å². The first-order valence-corrected chi connectivity index (χ1v) is 8.55. The zero-order valence-corrected chi connectivity index (χ0v) is 14.5. The number of carbonyl (C=O) groups is 3. The van der Waals surface area contributed by atoms with E-state index in [4.69, 9.17) is 4.74 Å². The molecular formula is C18H23N3O4. The van der Waals surface area contributed by atoms with E-state index in [1.165, 1.54) is 11.1 Å². The lowest BCUT2D eigenvalue weighted by Crippen LogP contribution is -2.44. The smallest absolute Gasteiger partial charge is 0.322 e. The van der Waals surface area contributed by atoms with Gasteiger partial charge in [0.2, 0.25) is 5.91 Å². The number of imide groups is 1. The van der Waals surface area contributed by atoms with Crippen molar-refractivity contribution in [3.63, 3.8) is 0 Å². The van der Waals surface area contributed by atoms with Crippen molar-refractivity contribution in [2.24, 2.45) is 0 Å². The van der Waals surface area contributed by atoms with E-state index in [0.29, 0.717) is 13.1 Å². The second-order valence-corrected chi connectivity index (χ2v) is 6.66. The number of urea groups is 1. The van der Waals surface area contributed by atoms with Crippen LogP contribution in [0.2, 0.25) is 0 Å². The van der Waals surface area contributed by atoms with Gasteiger partial charge in [0.15, 0.2) is 0 Å². The van der Waals surface area contributed by atoms with Crippen LogP contribution in [0.25, 0.3) is 0 Å². The monoisotopic (exact) mass is 345 g/mol. The summed E-state index contributed by atoms with van der Waals surface area (Å²) < 4.78 is 6.02. The Labute approximate surface area is 146 Å². The molecule has 0 aliphatic carbocycles. The third-order valence-electron chi connectivity index (χ3n) is 4.81. The number of likely N-dealkylation sites (tertiary alicyclic amines) is 1. The highest BCUT2D eigenvalue weighted by atomic mass is 16.5. The number of rotatable bonds is 4. The highest BCUT2D eigenvalue weighted by Crippen LogP contribution is 2.22. The molecule has 2 aliphatic heterocycles. The number of benzene rings is 1. The maximum absolute atomic E-state index is 12.3. The van der Waals surface area contributed by atoms with Crippen molar-refractivity contribution in [3.05, 3.63) is 29.3 Å². The van der Waals surface area contributed by atoms with Crippen molar-refractivity contribution in [1.82, 2.24) is 15.5 Å². The van der Waals surface area contributed by atoms with Gasteiger partial charge in [-0.15, -0.1) is 0 Å². The maximum atomic E-state index is 12.3. The summed E-state index contributed by atoms with van der Waals surface area (Å²) in [7, 11) is 0. The molecule has 2 N–H and O–H groups in total. The number of nitrogens with one attached hydrogen (secondary N) is 2. The fraction of sp³-hybridized carbons (Fsp3) is 0.500. The second-order valence-electron chi connectivity index (χ2n) is 6.66. The molecule has 7 nitrogen and oxygen atoms in total. The Morgan fingerprint density at radius 3 is 2.52 bits per heavy atom. The predicted octanol–water partition coefficient (Wildman–Crippen LogP) is 1.27. The summed E-state index contributed by atoms with van der Waals surface area (Å²) in [6.45, 7) is 5.31. The Morgan fingerprint density at radius 1 is 1.20 bits per heavy atom. The molecule has 3 rings (SSSR count). The van der Waals surface area contributed by atoms with Crippen LogP contribution in [0, 0.1) is 13.8 Å². The molecule has 1 aromatic carbocycles. The summed E-state index contributed by atoms with van der Waals surface area (Å²) in [6.07, 6.45) is 1.59. The summed E-state index contributed by atoms with van der Waals surface area (Å²) in [6, 6.07) is 4.76. The van der Waals surface area contributed by atoms with Gasteiger partial charge >= 0.3 is 6.03 Å². The van der Waals surface area contributed by atoms with Gasteiger partial charge < -0.3 is 15.0 Å². The van der Waals surface area contributed by atoms with Gasteiger partial charge in [-0.25, -0.2) is 4.79 Å². The third-order valence-corrected chi connectivity index (χ3v) is 4.81. The molecule has 134 valence electrons. The van der Waals surface area contributed by atoms with E-state index in [0.717, 1.165) is 18.6 Å². The lowest BCUT2D eigenvalue weighted by Gasteiger charge is -2.32. The Morgan fingerprint density at radius 2 is 1.92 bits per heavy atom. The molecule has 0 saturated carbocycles. The summed E-state index contributed by atoms with van der Waals surface area (Å²) >= 11 is 0. The van der Waals surface area contributed by atoms with E-state index in [2.05, 4.69) is 24.5 Å². The summed E-state index contributed by atoms with van der Waals surface area (Å²) in [4.78, 5) is 36.7. The Hall–Kier alpha value is -2.57. The first-order chi connectivity index (χ1) is 11.9. The number of hydrogen-bond acceptors (Lipinski definition) is 4. The summed E-state index contributed by atoms with van der Waals surface area (Å²) in [5.41, 5.74) is 2.43. The molecule has 0 unspecified atom stereocenters. The van der Waals surface area contributed by atoms with E-state index in [-0.39, 0.29) is 18.4 Å². The van der Waals surface area contributed by atoms with Crippen molar-refractivity contribution in [3.8, 4) is 5.75 Å². The number of piperidine rings is 1. The van der Waals surface area contributed by atoms with E-state index < -0.39 is 18.0 Å². The Bertz CT molecular complexity index is 696. The van der Waals surface area contributed by atoms with Crippen molar-refractivity contribution in [2.75, 3.05) is 13.1 Å². The Balaban J connectivity index is 1.48. The molecule has 1 atom stereocenters. The molecule has 25 heavy (non-hydrogen) atoms. The standard InChI is InChI=1S/C18H23N3O4/c1-11-3-4-14(9-12(11)2)25-13-5-7-21(8-6-13)16(22)10-15-17(23)20-18(24)19-15/h3-4,9,13,15H,5-8,10H2,1-2H3,(H2,19,20,23,24)/t15-/m1/s1. The number of nitrogens with zero attached hydrogens (tertiary/aromatic N) is 1. The lowest BCUT2D eigenvalue weighted by molar-refractivity contribution is -0.135. The van der Waals surface area contributed by atoms with Crippen LogP contribution in [0.4, 0.5) is 4.79 Å². The molecular weight excluding hydrogens is 322 g/mol. The van der Waals surface area contributed by atoms with Crippen molar-refractivity contribution in [2.45, 2.75) is 45.3 Å². The minimum Gasteiger partial charge on any atom is -0.490 e. The van der Waals surface area contributed by atoms with Crippen molar-refractivity contribution in [1.29, 1.82) is 0 Å². The third kappa shape index (κ3) is 4.10. The minimum atomic E-state index is -0.760. The van der Waals surface area contributed by atoms with Crippen LogP contribution in [0.5, 0.6) is 5.75 Å². The molecule has 2 fully saturated rings. The van der Waals surface area contributed by atoms with E-state index in [1.54, 1.807) is 4.90 Å². The number of amides is 4. The Kier molecular flexibility index (Phi) is 4.92. The van der Waals surface area contributed by atoms with Gasteiger partial charge in [-0.1, -0.05) is 6.07 Å². The van der Waals surface area contributed by atoms with Gasteiger partial charge in [-0.2, -0.15) is 0 Å². The molecule has 0 aromatic heterocycles. The second kappa shape index (κ2) is 7.13. The zero-order chi connectivity index (χ0) is 18.0. The normalized spacial score (nSPS) is 21.0. The predicted molar refractivity (Wildman–Crippen MR) is 91.2 cm³/mol. The summed E-state index contributed by atoms with van der Waals surface area (Å²) in [5.74, 6) is 0.302. The first-order valence-electron chi connectivity index (χ1n) is 8.55.